The van der Waals surface area contributed by atoms with E-state index in [0.717, 1.165) is 6.20 Å². The highest BCUT2D eigenvalue weighted by Crippen LogP contribution is 2.32. The molecule has 0 spiro atoms. The smallest absolute Gasteiger partial charge is 0.296 e. The SMILES string of the molecule is Cc1ncc(F)c(-c2ccc(OC3CCNCC3(F)F)c(C#N)c2)n1. The first-order valence-electron chi connectivity index (χ1n) is 7.69. The Bertz CT molecular complexity index is 835. The number of hydrogen-bond acceptors (Lipinski definition) is 5. The van der Waals surface area contributed by atoms with E-state index in [2.05, 4.69) is 15.3 Å². The van der Waals surface area contributed by atoms with E-state index in [1.165, 1.54) is 18.2 Å². The van der Waals surface area contributed by atoms with Gasteiger partial charge in [-0.1, -0.05) is 0 Å². The lowest BCUT2D eigenvalue weighted by molar-refractivity contribution is -0.109. The minimum absolute atomic E-state index is 0.0440. The van der Waals surface area contributed by atoms with Gasteiger partial charge in [-0.15, -0.1) is 0 Å². The number of nitriles is 1. The molecule has 1 N–H and O–H groups in total. The van der Waals surface area contributed by atoms with Crippen molar-refractivity contribution in [3.8, 4) is 23.1 Å². The molecular weight excluding hydrogens is 333 g/mol. The molecule has 0 aliphatic carbocycles. The Kier molecular flexibility index (Phi) is 4.59. The summed E-state index contributed by atoms with van der Waals surface area (Å²) in [6.45, 7) is 1.56. The van der Waals surface area contributed by atoms with Crippen LogP contribution in [0.3, 0.4) is 0 Å². The molecule has 1 aliphatic heterocycles. The van der Waals surface area contributed by atoms with Crippen LogP contribution >= 0.6 is 0 Å². The van der Waals surface area contributed by atoms with E-state index < -0.39 is 24.4 Å². The number of piperidine rings is 1. The van der Waals surface area contributed by atoms with Gasteiger partial charge in [0.05, 0.1) is 18.3 Å². The summed E-state index contributed by atoms with van der Waals surface area (Å²) in [5.74, 6) is -3.24. The molecule has 130 valence electrons. The molecule has 0 amide bonds. The molecule has 1 fully saturated rings. The molecule has 1 aromatic heterocycles. The fourth-order valence-electron chi connectivity index (χ4n) is 2.64. The molecule has 0 saturated carbocycles. The number of benzene rings is 1. The van der Waals surface area contributed by atoms with Gasteiger partial charge in [-0.2, -0.15) is 5.26 Å². The van der Waals surface area contributed by atoms with Crippen LogP contribution in [-0.4, -0.2) is 35.1 Å². The minimum atomic E-state index is -3.03. The van der Waals surface area contributed by atoms with Crippen LogP contribution in [-0.2, 0) is 0 Å². The second kappa shape index (κ2) is 6.69. The summed E-state index contributed by atoms with van der Waals surface area (Å²) >= 11 is 0. The van der Waals surface area contributed by atoms with Gasteiger partial charge in [0.25, 0.3) is 5.92 Å². The molecule has 3 rings (SSSR count). The van der Waals surface area contributed by atoms with Gasteiger partial charge in [-0.05, 0) is 31.7 Å². The summed E-state index contributed by atoms with van der Waals surface area (Å²) in [5, 5.41) is 11.9. The topological polar surface area (TPSA) is 70.8 Å². The fraction of sp³-hybridized carbons (Fsp3) is 0.353. The van der Waals surface area contributed by atoms with E-state index in [9.17, 15) is 18.4 Å². The lowest BCUT2D eigenvalue weighted by Gasteiger charge is -2.32. The van der Waals surface area contributed by atoms with E-state index in [-0.39, 0.29) is 23.4 Å². The zero-order chi connectivity index (χ0) is 18.0. The largest absolute Gasteiger partial charge is 0.483 e. The molecule has 1 unspecified atom stereocenters. The normalized spacial score (nSPS) is 19.2. The summed E-state index contributed by atoms with van der Waals surface area (Å²) in [4.78, 5) is 7.78. The molecule has 1 atom stereocenters. The second-order valence-corrected chi connectivity index (χ2v) is 5.77. The molecule has 8 heteroatoms. The van der Waals surface area contributed by atoms with Crippen LogP contribution in [0.1, 0.15) is 17.8 Å². The summed E-state index contributed by atoms with van der Waals surface area (Å²) in [5.41, 5.74) is 0.439. The van der Waals surface area contributed by atoms with Crippen LogP contribution in [0.5, 0.6) is 5.75 Å². The zero-order valence-electron chi connectivity index (χ0n) is 13.4. The van der Waals surface area contributed by atoms with Gasteiger partial charge in [0, 0.05) is 12.0 Å². The molecule has 0 radical (unpaired) electrons. The van der Waals surface area contributed by atoms with Crippen molar-refractivity contribution in [2.75, 3.05) is 13.1 Å². The van der Waals surface area contributed by atoms with Gasteiger partial charge in [0.1, 0.15) is 23.3 Å². The summed E-state index contributed by atoms with van der Waals surface area (Å²) in [6, 6.07) is 6.16. The maximum absolute atomic E-state index is 13.9. The number of halogens is 3. The Hall–Kier alpha value is -2.66. The minimum Gasteiger partial charge on any atom is -0.483 e. The van der Waals surface area contributed by atoms with E-state index in [1.54, 1.807) is 6.92 Å². The van der Waals surface area contributed by atoms with Crippen LogP contribution in [0.15, 0.2) is 24.4 Å². The first-order valence-corrected chi connectivity index (χ1v) is 7.69. The number of hydrogen-bond donors (Lipinski definition) is 1. The molecule has 1 aromatic carbocycles. The Morgan fingerprint density at radius 2 is 2.20 bits per heavy atom. The van der Waals surface area contributed by atoms with Crippen LogP contribution in [0.2, 0.25) is 0 Å². The second-order valence-electron chi connectivity index (χ2n) is 5.77. The van der Waals surface area contributed by atoms with Crippen molar-refractivity contribution in [1.82, 2.24) is 15.3 Å². The highest BCUT2D eigenvalue weighted by atomic mass is 19.3. The third kappa shape index (κ3) is 3.56. The lowest BCUT2D eigenvalue weighted by Crippen LogP contribution is -2.52. The average Bonchev–Trinajstić information content (AvgIpc) is 2.59. The highest BCUT2D eigenvalue weighted by molar-refractivity contribution is 5.64. The predicted molar refractivity (Wildman–Crippen MR) is 83.7 cm³/mol. The third-order valence-corrected chi connectivity index (χ3v) is 3.92. The standard InChI is InChI=1S/C17H15F3N4O/c1-10-23-8-13(18)16(24-10)11-2-3-14(12(6-11)7-21)25-15-4-5-22-9-17(15,19)20/h2-3,6,8,15,22H,4-5,9H2,1H3. The average molecular weight is 348 g/mol. The van der Waals surface area contributed by atoms with Crippen LogP contribution in [0.25, 0.3) is 11.3 Å². The maximum Gasteiger partial charge on any atom is 0.296 e. The number of aromatic nitrogens is 2. The first kappa shape index (κ1) is 17.2. The van der Waals surface area contributed by atoms with Crippen molar-refractivity contribution < 1.29 is 17.9 Å². The van der Waals surface area contributed by atoms with Crippen molar-refractivity contribution >= 4 is 0 Å². The number of ether oxygens (including phenoxy) is 1. The van der Waals surface area contributed by atoms with Gasteiger partial charge >= 0.3 is 0 Å². The highest BCUT2D eigenvalue weighted by Gasteiger charge is 2.43. The summed E-state index contributed by atoms with van der Waals surface area (Å²) in [7, 11) is 0. The molecule has 1 saturated heterocycles. The Labute approximate surface area is 142 Å². The van der Waals surface area contributed by atoms with Gasteiger partial charge in [0.2, 0.25) is 0 Å². The molecule has 1 aliphatic rings. The number of rotatable bonds is 3. The van der Waals surface area contributed by atoms with Crippen molar-refractivity contribution in [3.63, 3.8) is 0 Å². The van der Waals surface area contributed by atoms with E-state index in [1.807, 2.05) is 6.07 Å². The van der Waals surface area contributed by atoms with Gasteiger partial charge < -0.3 is 10.1 Å². The predicted octanol–water partition coefficient (Wildman–Crippen LogP) is 2.84. The number of nitrogens with zero attached hydrogens (tertiary/aromatic N) is 3. The third-order valence-electron chi connectivity index (χ3n) is 3.92. The summed E-state index contributed by atoms with van der Waals surface area (Å²) < 4.78 is 47.1. The number of alkyl halides is 2. The van der Waals surface area contributed by atoms with Crippen LogP contribution in [0.4, 0.5) is 13.2 Å². The van der Waals surface area contributed by atoms with Crippen molar-refractivity contribution in [2.24, 2.45) is 0 Å². The molecule has 0 bridgehead atoms. The first-order chi connectivity index (χ1) is 11.9. The van der Waals surface area contributed by atoms with E-state index in [0.29, 0.717) is 17.9 Å². The molecule has 2 aromatic rings. The van der Waals surface area contributed by atoms with Crippen molar-refractivity contribution in [1.29, 1.82) is 5.26 Å². The summed E-state index contributed by atoms with van der Waals surface area (Å²) in [6.07, 6.45) is -0.145. The van der Waals surface area contributed by atoms with Gasteiger partial charge in [-0.3, -0.25) is 0 Å². The van der Waals surface area contributed by atoms with E-state index in [4.69, 9.17) is 4.74 Å². The number of aryl methyl sites for hydroxylation is 1. The van der Waals surface area contributed by atoms with Gasteiger partial charge in [-0.25, -0.2) is 23.1 Å². The molecular formula is C17H15F3N4O. The van der Waals surface area contributed by atoms with Crippen LogP contribution < -0.4 is 10.1 Å². The Balaban J connectivity index is 1.93. The maximum atomic E-state index is 13.9. The Morgan fingerprint density at radius 1 is 1.40 bits per heavy atom. The molecule has 2 heterocycles. The van der Waals surface area contributed by atoms with Crippen molar-refractivity contribution in [3.05, 3.63) is 41.6 Å². The number of nitrogens with one attached hydrogen (secondary N) is 1. The fourth-order valence-corrected chi connectivity index (χ4v) is 2.64. The monoisotopic (exact) mass is 348 g/mol. The quantitative estimate of drug-likeness (QED) is 0.924. The van der Waals surface area contributed by atoms with Gasteiger partial charge in [0.15, 0.2) is 11.9 Å². The molecule has 25 heavy (non-hydrogen) atoms. The Morgan fingerprint density at radius 3 is 2.92 bits per heavy atom. The van der Waals surface area contributed by atoms with E-state index >= 15 is 0 Å². The lowest BCUT2D eigenvalue weighted by atomic mass is 10.0. The zero-order valence-corrected chi connectivity index (χ0v) is 13.4. The van der Waals surface area contributed by atoms with Crippen molar-refractivity contribution in [2.45, 2.75) is 25.4 Å². The van der Waals surface area contributed by atoms with Crippen LogP contribution in [0, 0.1) is 24.1 Å². The molecule has 5 nitrogen and oxygen atoms in total.